The highest BCUT2D eigenvalue weighted by Gasteiger charge is 2.46. The molecule has 0 bridgehead atoms. The van der Waals surface area contributed by atoms with E-state index < -0.39 is 30.2 Å². The molecule has 188 valence electrons. The van der Waals surface area contributed by atoms with Gasteiger partial charge in [0.05, 0.1) is 46.6 Å². The Bertz CT molecular complexity index is 1490. The highest BCUT2D eigenvalue weighted by molar-refractivity contribution is 6.23. The van der Waals surface area contributed by atoms with E-state index in [0.717, 1.165) is 16.9 Å². The van der Waals surface area contributed by atoms with E-state index in [1.54, 1.807) is 46.2 Å². The maximum Gasteiger partial charge on any atom is 0.262 e. The number of hydrogen-bond donors (Lipinski definition) is 0. The number of rotatable bonds is 4. The Kier molecular flexibility index (Phi) is 5.76. The highest BCUT2D eigenvalue weighted by Crippen LogP contribution is 2.43. The van der Waals surface area contributed by atoms with Crippen molar-refractivity contribution in [2.24, 2.45) is 5.92 Å². The number of hydrogen-bond acceptors (Lipinski definition) is 5. The number of benzene rings is 3. The van der Waals surface area contributed by atoms with Gasteiger partial charge in [0.1, 0.15) is 6.54 Å². The van der Waals surface area contributed by atoms with Crippen molar-refractivity contribution in [2.45, 2.75) is 31.8 Å². The largest absolute Gasteiger partial charge is 0.306 e. The molecule has 4 amide bonds. The lowest BCUT2D eigenvalue weighted by molar-refractivity contribution is -0.123. The van der Waals surface area contributed by atoms with Crippen LogP contribution in [0.15, 0.2) is 72.8 Å². The average molecular weight is 505 g/mol. The van der Waals surface area contributed by atoms with Crippen molar-refractivity contribution >= 4 is 35.0 Å². The van der Waals surface area contributed by atoms with Gasteiger partial charge in [-0.15, -0.1) is 0 Å². The third-order valence-corrected chi connectivity index (χ3v) is 7.69. The highest BCUT2D eigenvalue weighted by atomic mass is 16.2. The van der Waals surface area contributed by atoms with E-state index in [2.05, 4.69) is 6.07 Å². The molecule has 1 saturated carbocycles. The van der Waals surface area contributed by atoms with Crippen molar-refractivity contribution in [1.29, 1.82) is 5.26 Å². The molecule has 3 aliphatic rings. The van der Waals surface area contributed by atoms with Gasteiger partial charge in [-0.2, -0.15) is 5.26 Å². The van der Waals surface area contributed by atoms with Gasteiger partial charge in [0.2, 0.25) is 11.8 Å². The molecule has 8 nitrogen and oxygen atoms in total. The number of carbonyl (C=O) groups excluding carboxylic acids is 4. The van der Waals surface area contributed by atoms with E-state index in [1.165, 1.54) is 0 Å². The van der Waals surface area contributed by atoms with Gasteiger partial charge in [0.25, 0.3) is 11.8 Å². The number of nitriles is 1. The predicted octanol–water partition coefficient (Wildman–Crippen LogP) is 3.90. The Morgan fingerprint density at radius 3 is 2.11 bits per heavy atom. The van der Waals surface area contributed by atoms with Crippen molar-refractivity contribution in [3.63, 3.8) is 0 Å². The summed E-state index contributed by atoms with van der Waals surface area (Å²) in [4.78, 5) is 58.1. The Morgan fingerprint density at radius 1 is 0.816 bits per heavy atom. The number of fused-ring (bicyclic) bond motifs is 3. The molecule has 8 heteroatoms. The van der Waals surface area contributed by atoms with Gasteiger partial charge >= 0.3 is 0 Å². The quantitative estimate of drug-likeness (QED) is 0.502. The number of nitrogens with zero attached hydrogens (tertiary/aromatic N) is 4. The summed E-state index contributed by atoms with van der Waals surface area (Å²) in [5.74, 6) is -1.81. The first-order valence-electron chi connectivity index (χ1n) is 12.6. The fraction of sp³-hybridized carbons (Fsp3) is 0.233. The van der Waals surface area contributed by atoms with Crippen molar-refractivity contribution in [3.05, 3.63) is 95.1 Å². The minimum atomic E-state index is -0.483. The fourth-order valence-corrected chi connectivity index (χ4v) is 5.88. The Labute approximate surface area is 219 Å². The molecule has 0 spiro atoms. The molecular formula is C30H24N4O4. The van der Waals surface area contributed by atoms with Crippen molar-refractivity contribution < 1.29 is 19.2 Å². The number of anilines is 2. The summed E-state index contributed by atoms with van der Waals surface area (Å²) in [6.07, 6.45) is 2.10. The van der Waals surface area contributed by atoms with E-state index in [9.17, 15) is 19.2 Å². The van der Waals surface area contributed by atoms with Crippen molar-refractivity contribution in [2.75, 3.05) is 16.3 Å². The van der Waals surface area contributed by atoms with Gasteiger partial charge in [0.15, 0.2) is 0 Å². The van der Waals surface area contributed by atoms with E-state index in [0.29, 0.717) is 47.5 Å². The van der Waals surface area contributed by atoms with E-state index >= 15 is 0 Å². The average Bonchev–Trinajstić information content (AvgIpc) is 3.49. The molecule has 2 aliphatic heterocycles. The maximum absolute atomic E-state index is 13.9. The first kappa shape index (κ1) is 23.6. The SMILES string of the molecule is N#Cc1ccc(CN2C(=O)[C@H]3CCC[C@H]3N(C(=O)CN3C(=O)c4ccccc4C3=O)c3ccccc32)cc1. The monoisotopic (exact) mass is 504 g/mol. The summed E-state index contributed by atoms with van der Waals surface area (Å²) < 4.78 is 0. The van der Waals surface area contributed by atoms with Crippen LogP contribution in [0.2, 0.25) is 0 Å². The van der Waals surface area contributed by atoms with Gasteiger partial charge in [-0.1, -0.05) is 42.8 Å². The number of carbonyl (C=O) groups is 4. The molecule has 0 aromatic heterocycles. The van der Waals surface area contributed by atoms with Crippen LogP contribution >= 0.6 is 0 Å². The maximum atomic E-state index is 13.9. The number of imide groups is 1. The van der Waals surface area contributed by atoms with Crippen molar-refractivity contribution in [1.82, 2.24) is 4.90 Å². The molecule has 0 radical (unpaired) electrons. The molecule has 0 unspecified atom stereocenters. The van der Waals surface area contributed by atoms with E-state index in [1.807, 2.05) is 36.4 Å². The van der Waals surface area contributed by atoms with Crippen LogP contribution in [0.5, 0.6) is 0 Å². The zero-order valence-corrected chi connectivity index (χ0v) is 20.5. The number of para-hydroxylation sites is 2. The first-order valence-corrected chi connectivity index (χ1v) is 12.6. The Hall–Kier alpha value is -4.77. The topological polar surface area (TPSA) is 102 Å². The second-order valence-corrected chi connectivity index (χ2v) is 9.83. The van der Waals surface area contributed by atoms with Crippen LogP contribution in [-0.2, 0) is 16.1 Å². The van der Waals surface area contributed by atoms with Gasteiger partial charge in [-0.25, -0.2) is 0 Å². The molecule has 3 aromatic carbocycles. The molecule has 0 saturated heterocycles. The molecular weight excluding hydrogens is 480 g/mol. The molecule has 2 heterocycles. The third kappa shape index (κ3) is 3.75. The van der Waals surface area contributed by atoms with Gasteiger partial charge in [-0.3, -0.25) is 24.1 Å². The molecule has 1 aliphatic carbocycles. The first-order chi connectivity index (χ1) is 18.5. The normalized spacial score (nSPS) is 20.1. The molecule has 6 rings (SSSR count). The number of amides is 4. The van der Waals surface area contributed by atoms with Gasteiger partial charge in [0, 0.05) is 6.04 Å². The van der Waals surface area contributed by atoms with Crippen LogP contribution in [0.3, 0.4) is 0 Å². The summed E-state index contributed by atoms with van der Waals surface area (Å²) >= 11 is 0. The van der Waals surface area contributed by atoms with Crippen LogP contribution in [0.4, 0.5) is 11.4 Å². The lowest BCUT2D eigenvalue weighted by atomic mass is 10.0. The third-order valence-electron chi connectivity index (χ3n) is 7.69. The van der Waals surface area contributed by atoms with Crippen LogP contribution in [0.1, 0.15) is 51.1 Å². The molecule has 3 aromatic rings. The smallest absolute Gasteiger partial charge is 0.262 e. The lowest BCUT2D eigenvalue weighted by Crippen LogP contribution is -2.49. The summed E-state index contributed by atoms with van der Waals surface area (Å²) in [6.45, 7) is -0.0983. The zero-order chi connectivity index (χ0) is 26.4. The molecule has 2 atom stereocenters. The molecule has 1 fully saturated rings. The Balaban J connectivity index is 1.36. The van der Waals surface area contributed by atoms with Gasteiger partial charge in [-0.05, 0) is 54.8 Å². The molecule has 0 N–H and O–H groups in total. The minimum absolute atomic E-state index is 0.0552. The summed E-state index contributed by atoms with van der Waals surface area (Å²) in [5, 5.41) is 9.13. The second-order valence-electron chi connectivity index (χ2n) is 9.83. The van der Waals surface area contributed by atoms with Crippen molar-refractivity contribution in [3.8, 4) is 6.07 Å². The predicted molar refractivity (Wildman–Crippen MR) is 139 cm³/mol. The zero-order valence-electron chi connectivity index (χ0n) is 20.5. The standard InChI is InChI=1S/C30H24N4O4/c31-16-19-12-14-20(15-13-19)17-32-25-9-3-4-10-26(25)34(24-11-5-8-23(24)30(32)38)27(35)18-33-28(36)21-6-1-2-7-22(21)29(33)37/h1-4,6-7,9-10,12-15,23-24H,5,8,11,17-18H2/t23-,24+/m0/s1. The summed E-state index contributed by atoms with van der Waals surface area (Å²) in [7, 11) is 0. The fourth-order valence-electron chi connectivity index (χ4n) is 5.88. The van der Waals surface area contributed by atoms with E-state index in [4.69, 9.17) is 5.26 Å². The van der Waals surface area contributed by atoms with Crippen LogP contribution in [0, 0.1) is 17.2 Å². The van der Waals surface area contributed by atoms with Crippen LogP contribution < -0.4 is 9.80 Å². The van der Waals surface area contributed by atoms with Crippen LogP contribution in [-0.4, -0.2) is 41.1 Å². The van der Waals surface area contributed by atoms with Crippen LogP contribution in [0.25, 0.3) is 0 Å². The van der Waals surface area contributed by atoms with E-state index in [-0.39, 0.29) is 11.9 Å². The second kappa shape index (κ2) is 9.27. The summed E-state index contributed by atoms with van der Waals surface area (Å²) in [5.41, 5.74) is 3.19. The van der Waals surface area contributed by atoms with Gasteiger partial charge < -0.3 is 9.80 Å². The molecule has 38 heavy (non-hydrogen) atoms. The summed E-state index contributed by atoms with van der Waals surface area (Å²) in [6, 6.07) is 22.7. The Morgan fingerprint density at radius 2 is 1.45 bits per heavy atom. The lowest BCUT2D eigenvalue weighted by Gasteiger charge is -2.31. The minimum Gasteiger partial charge on any atom is -0.306 e.